The Balaban J connectivity index is 2.24. The number of pyridine rings is 1. The summed E-state index contributed by atoms with van der Waals surface area (Å²) >= 11 is 3.33. The van der Waals surface area contributed by atoms with Crippen molar-refractivity contribution in [2.75, 3.05) is 5.32 Å². The van der Waals surface area contributed by atoms with Crippen molar-refractivity contribution in [1.29, 1.82) is 0 Å². The van der Waals surface area contributed by atoms with Crippen LogP contribution < -0.4 is 5.32 Å². The average Bonchev–Trinajstić information content (AvgIpc) is 2.34. The molecule has 1 saturated carbocycles. The Morgan fingerprint density at radius 3 is 2.83 bits per heavy atom. The van der Waals surface area contributed by atoms with Crippen LogP contribution in [0.1, 0.15) is 32.6 Å². The van der Waals surface area contributed by atoms with E-state index in [0.717, 1.165) is 6.42 Å². The van der Waals surface area contributed by atoms with Gasteiger partial charge in [0.2, 0.25) is 0 Å². The summed E-state index contributed by atoms with van der Waals surface area (Å²) in [6.07, 6.45) is 7.54. The van der Waals surface area contributed by atoms with Crippen LogP contribution in [0.4, 0.5) is 11.4 Å². The number of nitrogens with zero attached hydrogens (tertiary/aromatic N) is 2. The van der Waals surface area contributed by atoms with E-state index < -0.39 is 4.92 Å². The van der Waals surface area contributed by atoms with E-state index in [-0.39, 0.29) is 5.69 Å². The predicted molar refractivity (Wildman–Crippen MR) is 73.6 cm³/mol. The molecule has 0 saturated heterocycles. The number of aromatic nitrogens is 1. The van der Waals surface area contributed by atoms with Crippen LogP contribution in [0.25, 0.3) is 0 Å². The summed E-state index contributed by atoms with van der Waals surface area (Å²) < 4.78 is 0.648. The van der Waals surface area contributed by atoms with E-state index >= 15 is 0 Å². The third-order valence-corrected chi connectivity index (χ3v) is 4.12. The van der Waals surface area contributed by atoms with Gasteiger partial charge in [0.1, 0.15) is 11.9 Å². The van der Waals surface area contributed by atoms with Crippen molar-refractivity contribution >= 4 is 27.3 Å². The minimum absolute atomic E-state index is 0.0298. The summed E-state index contributed by atoms with van der Waals surface area (Å²) in [5, 5.41) is 14.3. The van der Waals surface area contributed by atoms with Crippen molar-refractivity contribution in [1.82, 2.24) is 4.98 Å². The molecule has 0 radical (unpaired) electrons. The molecule has 0 bridgehead atoms. The van der Waals surface area contributed by atoms with Crippen molar-refractivity contribution < 1.29 is 4.92 Å². The number of nitro groups is 1. The second-order valence-electron chi connectivity index (χ2n) is 4.79. The molecule has 0 aromatic carbocycles. The number of hydrogen-bond donors (Lipinski definition) is 1. The molecule has 6 heteroatoms. The first kappa shape index (κ1) is 13.3. The molecule has 98 valence electrons. The quantitative estimate of drug-likeness (QED) is 0.681. The highest BCUT2D eigenvalue weighted by Crippen LogP contribution is 2.35. The second kappa shape index (κ2) is 5.65. The van der Waals surface area contributed by atoms with Gasteiger partial charge in [-0.25, -0.2) is 0 Å². The molecule has 0 spiro atoms. The van der Waals surface area contributed by atoms with Gasteiger partial charge in [0.15, 0.2) is 0 Å². The molecule has 5 nitrogen and oxygen atoms in total. The maximum Gasteiger partial charge on any atom is 0.311 e. The normalized spacial score (nSPS) is 23.7. The molecular weight excluding hydrogens is 298 g/mol. The Kier molecular flexibility index (Phi) is 4.16. The van der Waals surface area contributed by atoms with Gasteiger partial charge in [0.25, 0.3) is 0 Å². The van der Waals surface area contributed by atoms with Gasteiger partial charge in [0, 0.05) is 12.2 Å². The maximum atomic E-state index is 11.0. The third-order valence-electron chi connectivity index (χ3n) is 3.52. The van der Waals surface area contributed by atoms with Gasteiger partial charge < -0.3 is 5.32 Å². The van der Waals surface area contributed by atoms with E-state index in [1.165, 1.54) is 25.5 Å². The molecule has 1 heterocycles. The minimum Gasteiger partial charge on any atom is -0.375 e. The van der Waals surface area contributed by atoms with Gasteiger partial charge in [-0.3, -0.25) is 15.1 Å². The molecule has 2 rings (SSSR count). The highest BCUT2D eigenvalue weighted by atomic mass is 79.9. The number of halogens is 1. The van der Waals surface area contributed by atoms with Crippen LogP contribution in [0.15, 0.2) is 16.9 Å². The van der Waals surface area contributed by atoms with Crippen LogP contribution >= 0.6 is 15.9 Å². The molecule has 1 N–H and O–H groups in total. The van der Waals surface area contributed by atoms with Crippen molar-refractivity contribution in [2.24, 2.45) is 5.92 Å². The van der Waals surface area contributed by atoms with Crippen LogP contribution in [0, 0.1) is 16.0 Å². The fourth-order valence-electron chi connectivity index (χ4n) is 2.42. The van der Waals surface area contributed by atoms with E-state index in [2.05, 4.69) is 33.2 Å². The van der Waals surface area contributed by atoms with E-state index in [4.69, 9.17) is 0 Å². The number of anilines is 1. The Labute approximate surface area is 114 Å². The monoisotopic (exact) mass is 313 g/mol. The van der Waals surface area contributed by atoms with Crippen molar-refractivity contribution in [3.05, 3.63) is 27.0 Å². The Hall–Kier alpha value is -1.17. The van der Waals surface area contributed by atoms with Crippen LogP contribution in [-0.2, 0) is 0 Å². The first-order valence-electron chi connectivity index (χ1n) is 6.14. The number of rotatable bonds is 3. The van der Waals surface area contributed by atoms with Gasteiger partial charge in [-0.15, -0.1) is 0 Å². The maximum absolute atomic E-state index is 11.0. The van der Waals surface area contributed by atoms with Crippen LogP contribution in [0.2, 0.25) is 0 Å². The molecular formula is C12H16BrN3O2. The zero-order valence-electron chi connectivity index (χ0n) is 10.2. The van der Waals surface area contributed by atoms with Crippen molar-refractivity contribution in [2.45, 2.75) is 38.6 Å². The molecule has 2 atom stereocenters. The Morgan fingerprint density at radius 1 is 1.44 bits per heavy atom. The molecule has 1 fully saturated rings. The zero-order valence-corrected chi connectivity index (χ0v) is 11.8. The van der Waals surface area contributed by atoms with Crippen molar-refractivity contribution in [3.63, 3.8) is 0 Å². The summed E-state index contributed by atoms with van der Waals surface area (Å²) in [5.74, 6) is 0.540. The van der Waals surface area contributed by atoms with Crippen LogP contribution in [-0.4, -0.2) is 15.9 Å². The van der Waals surface area contributed by atoms with Gasteiger partial charge >= 0.3 is 5.69 Å². The lowest BCUT2D eigenvalue weighted by atomic mass is 9.86. The lowest BCUT2D eigenvalue weighted by Gasteiger charge is -2.30. The molecule has 1 aromatic heterocycles. The molecule has 1 aromatic rings. The van der Waals surface area contributed by atoms with Gasteiger partial charge in [-0.2, -0.15) is 0 Å². The molecule has 18 heavy (non-hydrogen) atoms. The lowest BCUT2D eigenvalue weighted by molar-refractivity contribution is -0.384. The fourth-order valence-corrected chi connectivity index (χ4v) is 2.86. The number of nitrogens with one attached hydrogen (secondary N) is 1. The van der Waals surface area contributed by atoms with Crippen LogP contribution in [0.3, 0.4) is 0 Å². The first-order chi connectivity index (χ1) is 8.59. The fraction of sp³-hybridized carbons (Fsp3) is 0.583. The lowest BCUT2D eigenvalue weighted by Crippen LogP contribution is -2.30. The van der Waals surface area contributed by atoms with E-state index in [0.29, 0.717) is 22.1 Å². The van der Waals surface area contributed by atoms with Crippen molar-refractivity contribution in [3.8, 4) is 0 Å². The molecule has 1 aliphatic rings. The summed E-state index contributed by atoms with van der Waals surface area (Å²) in [4.78, 5) is 14.5. The highest BCUT2D eigenvalue weighted by Gasteiger charge is 2.25. The van der Waals surface area contributed by atoms with E-state index in [1.807, 2.05) is 0 Å². The largest absolute Gasteiger partial charge is 0.375 e. The Morgan fingerprint density at radius 2 is 2.17 bits per heavy atom. The zero-order chi connectivity index (χ0) is 13.1. The molecule has 0 aliphatic heterocycles. The smallest absolute Gasteiger partial charge is 0.311 e. The predicted octanol–water partition coefficient (Wildman–Crippen LogP) is 3.74. The van der Waals surface area contributed by atoms with Crippen LogP contribution in [0.5, 0.6) is 0 Å². The summed E-state index contributed by atoms with van der Waals surface area (Å²) in [6.45, 7) is 2.19. The van der Waals surface area contributed by atoms with E-state index in [1.54, 1.807) is 6.20 Å². The van der Waals surface area contributed by atoms with Gasteiger partial charge in [-0.05, 0) is 34.7 Å². The first-order valence-corrected chi connectivity index (χ1v) is 6.93. The molecule has 1 aliphatic carbocycles. The Bertz CT molecular complexity index is 453. The minimum atomic E-state index is -0.395. The molecule has 0 amide bonds. The second-order valence-corrected chi connectivity index (χ2v) is 5.64. The average molecular weight is 314 g/mol. The highest BCUT2D eigenvalue weighted by molar-refractivity contribution is 9.10. The van der Waals surface area contributed by atoms with E-state index in [9.17, 15) is 10.1 Å². The standard InChI is InChI=1S/C12H16BrN3O2/c1-8-4-2-3-5-10(8)15-12-9(13)6-14-7-11(12)16(17)18/h6-8,10H,2-5H2,1H3,(H,14,15). The summed E-state index contributed by atoms with van der Waals surface area (Å²) in [6, 6.07) is 0.302. The summed E-state index contributed by atoms with van der Waals surface area (Å²) in [5.41, 5.74) is 0.580. The SMILES string of the molecule is CC1CCCCC1Nc1c(Br)cncc1[N+](=O)[O-]. The summed E-state index contributed by atoms with van der Waals surface area (Å²) in [7, 11) is 0. The van der Waals surface area contributed by atoms with Gasteiger partial charge in [-0.1, -0.05) is 19.8 Å². The molecule has 2 unspecified atom stereocenters. The third kappa shape index (κ3) is 2.80. The topological polar surface area (TPSA) is 68.1 Å². The number of hydrogen-bond acceptors (Lipinski definition) is 4. The van der Waals surface area contributed by atoms with Gasteiger partial charge in [0.05, 0.1) is 9.40 Å².